The molecule has 0 aromatic heterocycles. The largest absolute Gasteiger partial charge is 0.396 e. The zero-order chi connectivity index (χ0) is 13.5. The second-order valence-electron chi connectivity index (χ2n) is 4.26. The van der Waals surface area contributed by atoms with Crippen LogP contribution in [-0.4, -0.2) is 29.4 Å². The number of aliphatic hydroxyl groups is 1. The van der Waals surface area contributed by atoms with E-state index < -0.39 is 0 Å². The Hall–Kier alpha value is -0.710. The molecule has 0 aliphatic carbocycles. The van der Waals surface area contributed by atoms with Gasteiger partial charge < -0.3 is 10.4 Å². The van der Waals surface area contributed by atoms with Gasteiger partial charge in [-0.1, -0.05) is 18.5 Å². The summed E-state index contributed by atoms with van der Waals surface area (Å²) in [6.45, 7) is 3.87. The van der Waals surface area contributed by atoms with Gasteiger partial charge in [0.25, 0.3) is 0 Å². The van der Waals surface area contributed by atoms with Gasteiger partial charge in [0.15, 0.2) is 0 Å². The number of carbonyl (C=O) groups is 1. The summed E-state index contributed by atoms with van der Waals surface area (Å²) >= 11 is 7.25. The summed E-state index contributed by atoms with van der Waals surface area (Å²) in [5, 5.41) is 12.5. The van der Waals surface area contributed by atoms with Gasteiger partial charge in [0.1, 0.15) is 0 Å². The molecule has 0 aliphatic heterocycles. The molecule has 1 aromatic carbocycles. The Kier molecular flexibility index (Phi) is 6.54. The molecular formula is C13H18ClNO2S. The van der Waals surface area contributed by atoms with Crippen molar-refractivity contribution in [2.75, 3.05) is 12.4 Å². The minimum Gasteiger partial charge on any atom is -0.396 e. The molecule has 0 radical (unpaired) electrons. The zero-order valence-electron chi connectivity index (χ0n) is 10.5. The number of halogens is 1. The molecule has 3 nitrogen and oxygen atoms in total. The Bertz CT molecular complexity index is 383. The van der Waals surface area contributed by atoms with E-state index in [-0.39, 0.29) is 24.5 Å². The lowest BCUT2D eigenvalue weighted by Crippen LogP contribution is -2.39. The van der Waals surface area contributed by atoms with Crippen molar-refractivity contribution in [2.24, 2.45) is 5.92 Å². The normalized spacial score (nSPS) is 14.0. The van der Waals surface area contributed by atoms with Crippen molar-refractivity contribution in [3.8, 4) is 0 Å². The first-order valence-corrected chi connectivity index (χ1v) is 7.18. The summed E-state index contributed by atoms with van der Waals surface area (Å²) in [6.07, 6.45) is 0. The quantitative estimate of drug-likeness (QED) is 0.791. The van der Waals surface area contributed by atoms with Crippen LogP contribution in [0.15, 0.2) is 29.2 Å². The van der Waals surface area contributed by atoms with Gasteiger partial charge in [0.05, 0.1) is 5.75 Å². The minimum atomic E-state index is -0.0252. The SMILES string of the molecule is CC(CO)C(C)NC(=O)CSc1ccc(Cl)cc1. The molecular weight excluding hydrogens is 270 g/mol. The van der Waals surface area contributed by atoms with E-state index in [1.807, 2.05) is 26.0 Å². The summed E-state index contributed by atoms with van der Waals surface area (Å²) in [6, 6.07) is 7.37. The number of aliphatic hydroxyl groups excluding tert-OH is 1. The summed E-state index contributed by atoms with van der Waals surface area (Å²) in [5.41, 5.74) is 0. The van der Waals surface area contributed by atoms with E-state index in [2.05, 4.69) is 5.32 Å². The first-order valence-electron chi connectivity index (χ1n) is 5.81. The van der Waals surface area contributed by atoms with Gasteiger partial charge in [-0.05, 0) is 37.1 Å². The summed E-state index contributed by atoms with van der Waals surface area (Å²) in [4.78, 5) is 12.7. The fourth-order valence-corrected chi connectivity index (χ4v) is 2.11. The maximum atomic E-state index is 11.7. The number of hydrogen-bond acceptors (Lipinski definition) is 3. The van der Waals surface area contributed by atoms with Crippen LogP contribution in [0.2, 0.25) is 5.02 Å². The van der Waals surface area contributed by atoms with Gasteiger partial charge in [0, 0.05) is 22.6 Å². The number of thioether (sulfide) groups is 1. The molecule has 0 bridgehead atoms. The highest BCUT2D eigenvalue weighted by molar-refractivity contribution is 8.00. The van der Waals surface area contributed by atoms with Crippen molar-refractivity contribution < 1.29 is 9.90 Å². The Balaban J connectivity index is 2.35. The standard InChI is InChI=1S/C13H18ClNO2S/c1-9(7-16)10(2)15-13(17)8-18-12-5-3-11(14)4-6-12/h3-6,9-10,16H,7-8H2,1-2H3,(H,15,17). The lowest BCUT2D eigenvalue weighted by Gasteiger charge is -2.19. The third-order valence-electron chi connectivity index (χ3n) is 2.71. The molecule has 1 amide bonds. The third kappa shape index (κ3) is 5.29. The van der Waals surface area contributed by atoms with E-state index in [1.54, 1.807) is 12.1 Å². The average Bonchev–Trinajstić information content (AvgIpc) is 2.37. The predicted molar refractivity (Wildman–Crippen MR) is 76.0 cm³/mol. The molecule has 18 heavy (non-hydrogen) atoms. The molecule has 2 N–H and O–H groups in total. The molecule has 0 aliphatic rings. The number of hydrogen-bond donors (Lipinski definition) is 2. The molecule has 2 atom stereocenters. The first-order chi connectivity index (χ1) is 8.52. The van der Waals surface area contributed by atoms with Crippen molar-refractivity contribution in [3.05, 3.63) is 29.3 Å². The van der Waals surface area contributed by atoms with E-state index in [1.165, 1.54) is 11.8 Å². The smallest absolute Gasteiger partial charge is 0.230 e. The lowest BCUT2D eigenvalue weighted by atomic mass is 10.1. The van der Waals surface area contributed by atoms with Crippen molar-refractivity contribution in [3.63, 3.8) is 0 Å². The molecule has 0 saturated carbocycles. The fourth-order valence-electron chi connectivity index (χ4n) is 1.28. The molecule has 1 aromatic rings. The highest BCUT2D eigenvalue weighted by Crippen LogP contribution is 2.20. The number of amides is 1. The van der Waals surface area contributed by atoms with Crippen molar-refractivity contribution in [1.29, 1.82) is 0 Å². The summed E-state index contributed by atoms with van der Waals surface area (Å²) in [5.74, 6) is 0.404. The molecule has 2 unspecified atom stereocenters. The van der Waals surface area contributed by atoms with Crippen LogP contribution in [-0.2, 0) is 4.79 Å². The highest BCUT2D eigenvalue weighted by Gasteiger charge is 2.13. The molecule has 100 valence electrons. The van der Waals surface area contributed by atoms with E-state index in [0.29, 0.717) is 10.8 Å². The molecule has 0 fully saturated rings. The van der Waals surface area contributed by atoms with Crippen LogP contribution >= 0.6 is 23.4 Å². The van der Waals surface area contributed by atoms with Crippen molar-refractivity contribution in [2.45, 2.75) is 24.8 Å². The van der Waals surface area contributed by atoms with Crippen LogP contribution in [0.3, 0.4) is 0 Å². The van der Waals surface area contributed by atoms with E-state index in [4.69, 9.17) is 16.7 Å². The number of carbonyl (C=O) groups excluding carboxylic acids is 1. The highest BCUT2D eigenvalue weighted by atomic mass is 35.5. The number of nitrogens with one attached hydrogen (secondary N) is 1. The number of benzene rings is 1. The summed E-state index contributed by atoms with van der Waals surface area (Å²) in [7, 11) is 0. The zero-order valence-corrected chi connectivity index (χ0v) is 12.1. The Morgan fingerprint density at radius 2 is 2.00 bits per heavy atom. The first kappa shape index (κ1) is 15.3. The van der Waals surface area contributed by atoms with Gasteiger partial charge in [-0.15, -0.1) is 11.8 Å². The summed E-state index contributed by atoms with van der Waals surface area (Å²) < 4.78 is 0. The van der Waals surface area contributed by atoms with Crippen LogP contribution < -0.4 is 5.32 Å². The van der Waals surface area contributed by atoms with Crippen molar-refractivity contribution in [1.82, 2.24) is 5.32 Å². The monoisotopic (exact) mass is 287 g/mol. The Morgan fingerprint density at radius 1 is 1.39 bits per heavy atom. The van der Waals surface area contributed by atoms with Crippen LogP contribution in [0, 0.1) is 5.92 Å². The van der Waals surface area contributed by atoms with Gasteiger partial charge in [-0.2, -0.15) is 0 Å². The third-order valence-corrected chi connectivity index (χ3v) is 3.98. The molecule has 5 heteroatoms. The minimum absolute atomic E-state index is 0.0201. The molecule has 1 rings (SSSR count). The second kappa shape index (κ2) is 7.67. The maximum absolute atomic E-state index is 11.7. The fraction of sp³-hybridized carbons (Fsp3) is 0.462. The molecule has 0 heterocycles. The Labute approximate surface area is 117 Å². The second-order valence-corrected chi connectivity index (χ2v) is 5.74. The van der Waals surface area contributed by atoms with Gasteiger partial charge in [-0.25, -0.2) is 0 Å². The van der Waals surface area contributed by atoms with Gasteiger partial charge in [-0.3, -0.25) is 4.79 Å². The lowest BCUT2D eigenvalue weighted by molar-refractivity contribution is -0.119. The van der Waals surface area contributed by atoms with Crippen LogP contribution in [0.1, 0.15) is 13.8 Å². The van der Waals surface area contributed by atoms with E-state index >= 15 is 0 Å². The van der Waals surface area contributed by atoms with Gasteiger partial charge >= 0.3 is 0 Å². The maximum Gasteiger partial charge on any atom is 0.230 e. The van der Waals surface area contributed by atoms with E-state index in [9.17, 15) is 4.79 Å². The van der Waals surface area contributed by atoms with Crippen molar-refractivity contribution >= 4 is 29.3 Å². The topological polar surface area (TPSA) is 49.3 Å². The predicted octanol–water partition coefficient (Wildman–Crippen LogP) is 2.57. The van der Waals surface area contributed by atoms with E-state index in [0.717, 1.165) is 4.90 Å². The van der Waals surface area contributed by atoms with Crippen LogP contribution in [0.5, 0.6) is 0 Å². The van der Waals surface area contributed by atoms with Crippen LogP contribution in [0.25, 0.3) is 0 Å². The average molecular weight is 288 g/mol. The molecule has 0 spiro atoms. The number of rotatable bonds is 6. The Morgan fingerprint density at radius 3 is 2.56 bits per heavy atom. The molecule has 0 saturated heterocycles. The van der Waals surface area contributed by atoms with Crippen LogP contribution in [0.4, 0.5) is 0 Å². The van der Waals surface area contributed by atoms with Gasteiger partial charge in [0.2, 0.25) is 5.91 Å².